The van der Waals surface area contributed by atoms with Crippen LogP contribution in [0.5, 0.6) is 11.5 Å². The lowest BCUT2D eigenvalue weighted by Gasteiger charge is -2.35. The quantitative estimate of drug-likeness (QED) is 0.681. The summed E-state index contributed by atoms with van der Waals surface area (Å²) in [5, 5.41) is 3.27. The molecule has 1 N–H and O–H groups in total. The molecule has 7 nitrogen and oxygen atoms in total. The molecule has 170 valence electrons. The van der Waals surface area contributed by atoms with Gasteiger partial charge in [0.1, 0.15) is 11.5 Å². The van der Waals surface area contributed by atoms with Crippen LogP contribution in [-0.2, 0) is 9.59 Å². The zero-order valence-corrected chi connectivity index (χ0v) is 18.9. The van der Waals surface area contributed by atoms with Crippen LogP contribution in [0.1, 0.15) is 26.2 Å². The average molecular weight is 458 g/mol. The highest BCUT2D eigenvalue weighted by molar-refractivity contribution is 6.32. The maximum atomic E-state index is 12.8. The molecule has 1 atom stereocenters. The summed E-state index contributed by atoms with van der Waals surface area (Å²) in [4.78, 5) is 29.4. The number of hydrogen-bond donors (Lipinski definition) is 1. The zero-order valence-electron chi connectivity index (χ0n) is 18.2. The first-order valence-corrected chi connectivity index (χ1v) is 11.4. The van der Waals surface area contributed by atoms with Crippen molar-refractivity contribution in [3.05, 3.63) is 47.5 Å². The Morgan fingerprint density at radius 1 is 1.16 bits per heavy atom. The van der Waals surface area contributed by atoms with E-state index in [9.17, 15) is 9.59 Å². The van der Waals surface area contributed by atoms with Crippen LogP contribution >= 0.6 is 11.6 Å². The Hall–Kier alpha value is -2.77. The molecule has 1 unspecified atom stereocenters. The first-order valence-electron chi connectivity index (χ1n) is 11.0. The van der Waals surface area contributed by atoms with Gasteiger partial charge < -0.3 is 24.6 Å². The molecule has 2 amide bonds. The van der Waals surface area contributed by atoms with Gasteiger partial charge in [0, 0.05) is 18.8 Å². The van der Waals surface area contributed by atoms with E-state index >= 15 is 0 Å². The van der Waals surface area contributed by atoms with Gasteiger partial charge in [-0.3, -0.25) is 9.59 Å². The van der Waals surface area contributed by atoms with Crippen LogP contribution in [-0.4, -0.2) is 55.6 Å². The number of hydrogen-bond acceptors (Lipinski definition) is 5. The number of rotatable bonds is 7. The van der Waals surface area contributed by atoms with Crippen LogP contribution in [0.3, 0.4) is 0 Å². The van der Waals surface area contributed by atoms with Crippen molar-refractivity contribution in [1.82, 2.24) is 4.90 Å². The van der Waals surface area contributed by atoms with E-state index in [4.69, 9.17) is 21.1 Å². The molecule has 0 aromatic heterocycles. The van der Waals surface area contributed by atoms with Crippen molar-refractivity contribution in [2.75, 3.05) is 43.0 Å². The van der Waals surface area contributed by atoms with Gasteiger partial charge in [-0.25, -0.2) is 0 Å². The van der Waals surface area contributed by atoms with Gasteiger partial charge in [0.25, 0.3) is 11.8 Å². The number of amides is 2. The molecule has 1 saturated heterocycles. The Balaban J connectivity index is 1.42. The van der Waals surface area contributed by atoms with E-state index in [1.54, 1.807) is 54.3 Å². The molecule has 32 heavy (non-hydrogen) atoms. The molecule has 1 fully saturated rings. The van der Waals surface area contributed by atoms with Crippen molar-refractivity contribution < 1.29 is 19.1 Å². The van der Waals surface area contributed by atoms with Gasteiger partial charge in [0.05, 0.1) is 10.7 Å². The largest absolute Gasteiger partial charge is 0.482 e. The number of fused-ring (bicyclic) bond motifs is 1. The van der Waals surface area contributed by atoms with E-state index in [1.807, 2.05) is 0 Å². The molecule has 8 heteroatoms. The summed E-state index contributed by atoms with van der Waals surface area (Å²) < 4.78 is 11.3. The number of nitrogens with one attached hydrogen (secondary N) is 1. The Morgan fingerprint density at radius 3 is 2.72 bits per heavy atom. The SMILES string of the molecule is CC1Oc2ccc(NC(=O)COc3ccccc3Cl)cc2N(CCN2CCCCC2)C1=O. The van der Waals surface area contributed by atoms with Gasteiger partial charge in [-0.05, 0) is 63.2 Å². The monoisotopic (exact) mass is 457 g/mol. The number of ether oxygens (including phenoxy) is 2. The van der Waals surface area contributed by atoms with Gasteiger partial charge in [-0.1, -0.05) is 30.2 Å². The lowest BCUT2D eigenvalue weighted by atomic mass is 10.1. The van der Waals surface area contributed by atoms with Crippen molar-refractivity contribution >= 4 is 34.8 Å². The van der Waals surface area contributed by atoms with Crippen LogP contribution in [0, 0.1) is 0 Å². The number of likely N-dealkylation sites (tertiary alicyclic amines) is 1. The minimum absolute atomic E-state index is 0.0694. The number of para-hydroxylation sites is 1. The predicted molar refractivity (Wildman–Crippen MR) is 125 cm³/mol. The summed E-state index contributed by atoms with van der Waals surface area (Å²) in [6.45, 7) is 5.14. The van der Waals surface area contributed by atoms with Gasteiger partial charge in [0.15, 0.2) is 12.7 Å². The van der Waals surface area contributed by atoms with Crippen molar-refractivity contribution in [3.8, 4) is 11.5 Å². The average Bonchev–Trinajstić information content (AvgIpc) is 2.80. The number of nitrogens with zero attached hydrogens (tertiary/aromatic N) is 2. The second-order valence-electron chi connectivity index (χ2n) is 8.10. The molecule has 0 radical (unpaired) electrons. The molecule has 4 rings (SSSR count). The summed E-state index contributed by atoms with van der Waals surface area (Å²) >= 11 is 6.06. The van der Waals surface area contributed by atoms with Crippen molar-refractivity contribution in [3.63, 3.8) is 0 Å². The number of piperidine rings is 1. The standard InChI is InChI=1S/C24H28ClN3O4/c1-17-24(30)28(14-13-27-11-5-2-6-12-27)20-15-18(9-10-22(20)32-17)26-23(29)16-31-21-8-4-3-7-19(21)25/h3-4,7-10,15,17H,2,5-6,11-14,16H2,1H3,(H,26,29). The van der Waals surface area contributed by atoms with E-state index in [0.29, 0.717) is 34.4 Å². The van der Waals surface area contributed by atoms with Crippen molar-refractivity contribution in [2.45, 2.75) is 32.3 Å². The third kappa shape index (κ3) is 5.34. The number of carbonyl (C=O) groups is 2. The van der Waals surface area contributed by atoms with E-state index in [0.717, 1.165) is 19.6 Å². The molecular formula is C24H28ClN3O4. The zero-order chi connectivity index (χ0) is 22.5. The second kappa shape index (κ2) is 10.2. The number of carbonyl (C=O) groups excluding carboxylic acids is 2. The number of anilines is 2. The first kappa shape index (κ1) is 22.4. The molecule has 2 aromatic rings. The maximum Gasteiger partial charge on any atom is 0.267 e. The summed E-state index contributed by atoms with van der Waals surface area (Å²) in [6, 6.07) is 12.3. The minimum Gasteiger partial charge on any atom is -0.482 e. The molecule has 0 saturated carbocycles. The Labute approximate surface area is 193 Å². The summed E-state index contributed by atoms with van der Waals surface area (Å²) in [5.41, 5.74) is 1.25. The van der Waals surface area contributed by atoms with E-state index in [1.165, 1.54) is 19.3 Å². The topological polar surface area (TPSA) is 71.1 Å². The molecule has 2 aromatic carbocycles. The lowest BCUT2D eigenvalue weighted by Crippen LogP contribution is -2.48. The summed E-state index contributed by atoms with van der Waals surface area (Å²) in [5.74, 6) is 0.703. The van der Waals surface area contributed by atoms with Gasteiger partial charge >= 0.3 is 0 Å². The second-order valence-corrected chi connectivity index (χ2v) is 8.51. The van der Waals surface area contributed by atoms with Crippen LogP contribution in [0.15, 0.2) is 42.5 Å². The highest BCUT2D eigenvalue weighted by Gasteiger charge is 2.32. The Kier molecular flexibility index (Phi) is 7.17. The highest BCUT2D eigenvalue weighted by atomic mass is 35.5. The maximum absolute atomic E-state index is 12.8. The Morgan fingerprint density at radius 2 is 1.94 bits per heavy atom. The molecule has 0 bridgehead atoms. The van der Waals surface area contributed by atoms with Gasteiger partial charge in [-0.15, -0.1) is 0 Å². The predicted octanol–water partition coefficient (Wildman–Crippen LogP) is 3.96. The van der Waals surface area contributed by atoms with Gasteiger partial charge in [0.2, 0.25) is 0 Å². The Bertz CT molecular complexity index is 977. The third-order valence-electron chi connectivity index (χ3n) is 5.73. The molecule has 2 aliphatic heterocycles. The van der Waals surface area contributed by atoms with Crippen LogP contribution < -0.4 is 19.7 Å². The molecular weight excluding hydrogens is 430 g/mol. The fourth-order valence-electron chi connectivity index (χ4n) is 4.04. The van der Waals surface area contributed by atoms with Crippen molar-refractivity contribution in [1.29, 1.82) is 0 Å². The molecule has 2 aliphatic rings. The van der Waals surface area contributed by atoms with Crippen molar-refractivity contribution in [2.24, 2.45) is 0 Å². The fourth-order valence-corrected chi connectivity index (χ4v) is 4.23. The highest BCUT2D eigenvalue weighted by Crippen LogP contribution is 2.36. The summed E-state index contributed by atoms with van der Waals surface area (Å²) in [6.07, 6.45) is 3.15. The van der Waals surface area contributed by atoms with E-state index < -0.39 is 6.10 Å². The van der Waals surface area contributed by atoms with E-state index in [-0.39, 0.29) is 18.4 Å². The first-order chi connectivity index (χ1) is 15.5. The number of benzene rings is 2. The fraction of sp³-hybridized carbons (Fsp3) is 0.417. The molecule has 2 heterocycles. The smallest absolute Gasteiger partial charge is 0.267 e. The van der Waals surface area contributed by atoms with Crippen LogP contribution in [0.4, 0.5) is 11.4 Å². The lowest BCUT2D eigenvalue weighted by molar-refractivity contribution is -0.125. The summed E-state index contributed by atoms with van der Waals surface area (Å²) in [7, 11) is 0. The third-order valence-corrected chi connectivity index (χ3v) is 6.05. The minimum atomic E-state index is -0.534. The molecule has 0 spiro atoms. The number of halogens is 1. The van der Waals surface area contributed by atoms with E-state index in [2.05, 4.69) is 10.2 Å². The van der Waals surface area contributed by atoms with Crippen LogP contribution in [0.25, 0.3) is 0 Å². The van der Waals surface area contributed by atoms with Crippen LogP contribution in [0.2, 0.25) is 5.02 Å². The van der Waals surface area contributed by atoms with Gasteiger partial charge in [-0.2, -0.15) is 0 Å². The normalized spacial score (nSPS) is 18.6. The molecule has 0 aliphatic carbocycles.